The molecule has 0 saturated heterocycles. The molecule has 0 aliphatic heterocycles. The minimum atomic E-state index is -4.79. The van der Waals surface area contributed by atoms with Crippen LogP contribution in [0.25, 0.3) is 159 Å². The van der Waals surface area contributed by atoms with Gasteiger partial charge in [-0.25, -0.2) is 29.5 Å². The summed E-state index contributed by atoms with van der Waals surface area (Å²) in [6.45, 7) is 23.5. The fourth-order valence-electron chi connectivity index (χ4n) is 12.5. The van der Waals surface area contributed by atoms with Crippen molar-refractivity contribution in [1.29, 1.82) is 5.26 Å². The molecule has 12 aromatic carbocycles. The number of aromatic nitrogens is 5. The predicted molar refractivity (Wildman–Crippen MR) is 360 cm³/mol. The number of benzene rings is 12. The normalized spacial score (nSPS) is 11.4. The second kappa shape index (κ2) is 22.6. The molecule has 0 bridgehead atoms. The van der Waals surface area contributed by atoms with Crippen LogP contribution in [0.4, 0.5) is 30.2 Å². The van der Waals surface area contributed by atoms with Crippen LogP contribution < -0.4 is 0 Å². The lowest BCUT2D eigenvalue weighted by atomic mass is 9.96. The Balaban J connectivity index is 1.05. The van der Waals surface area contributed by atoms with Crippen LogP contribution >= 0.6 is 0 Å². The first-order valence-electron chi connectivity index (χ1n) is 29.4. The summed E-state index contributed by atoms with van der Waals surface area (Å²) < 4.78 is 51.7. The first kappa shape index (κ1) is 55.6. The Morgan fingerprint density at radius 3 is 1.05 bits per heavy atom. The average Bonchev–Trinajstić information content (AvgIpc) is 1.56. The van der Waals surface area contributed by atoms with E-state index in [-0.39, 0.29) is 5.56 Å². The van der Waals surface area contributed by atoms with Crippen molar-refractivity contribution < 1.29 is 13.2 Å². The van der Waals surface area contributed by atoms with Crippen molar-refractivity contribution in [2.75, 3.05) is 0 Å². The maximum atomic E-state index is 15.9. The van der Waals surface area contributed by atoms with Crippen molar-refractivity contribution in [3.8, 4) is 107 Å². The van der Waals surface area contributed by atoms with E-state index in [0.29, 0.717) is 73.6 Å². The van der Waals surface area contributed by atoms with Crippen molar-refractivity contribution >= 4 is 60.7 Å². The highest BCUT2D eigenvalue weighted by Gasteiger charge is 2.33. The van der Waals surface area contributed by atoms with Gasteiger partial charge in [-0.1, -0.05) is 152 Å². The smallest absolute Gasteiger partial charge is 0.309 e. The largest absolute Gasteiger partial charge is 0.416 e. The van der Waals surface area contributed by atoms with Crippen molar-refractivity contribution in [3.63, 3.8) is 0 Å². The predicted octanol–water partition coefficient (Wildman–Crippen LogP) is 21.9. The van der Waals surface area contributed by atoms with Gasteiger partial charge in [0.1, 0.15) is 0 Å². The van der Waals surface area contributed by atoms with Gasteiger partial charge in [0.25, 0.3) is 0 Å². The summed E-state index contributed by atoms with van der Waals surface area (Å²) in [7, 11) is 0. The van der Waals surface area contributed by atoms with Crippen LogP contribution in [0, 0.1) is 31.0 Å². The Hall–Kier alpha value is -13.0. The molecule has 0 fully saturated rings. The molecule has 0 N–H and O–H groups in total. The summed E-state index contributed by atoms with van der Waals surface area (Å²) in [5.74, 6) is 1.10. The molecule has 430 valence electrons. The fourth-order valence-corrected chi connectivity index (χ4v) is 12.5. The minimum Gasteiger partial charge on any atom is -0.309 e. The first-order chi connectivity index (χ1) is 45.0. The van der Waals surface area contributed by atoms with Crippen LogP contribution in [0.15, 0.2) is 267 Å². The van der Waals surface area contributed by atoms with E-state index < -0.39 is 11.7 Å². The Morgan fingerprint density at radius 1 is 0.326 bits per heavy atom. The first-order valence-corrected chi connectivity index (χ1v) is 29.4. The quantitative estimate of drug-likeness (QED) is 0.128. The van der Waals surface area contributed by atoms with Crippen molar-refractivity contribution in [3.05, 3.63) is 312 Å². The number of hydrogen-bond donors (Lipinski definition) is 0. The highest BCUT2D eigenvalue weighted by atomic mass is 19.4. The van der Waals surface area contributed by atoms with Crippen LogP contribution in [0.3, 0.4) is 0 Å². The van der Waals surface area contributed by atoms with Gasteiger partial charge in [0.15, 0.2) is 34.5 Å². The molecule has 12 heteroatoms. The van der Waals surface area contributed by atoms with Crippen molar-refractivity contribution in [1.82, 2.24) is 24.1 Å². The van der Waals surface area contributed by atoms with Crippen molar-refractivity contribution in [2.45, 2.75) is 6.18 Å². The van der Waals surface area contributed by atoms with Crippen LogP contribution in [0.5, 0.6) is 0 Å². The Morgan fingerprint density at radius 2 is 0.663 bits per heavy atom. The van der Waals surface area contributed by atoms with E-state index in [2.05, 4.69) is 49.4 Å². The lowest BCUT2D eigenvalue weighted by Gasteiger charge is -2.21. The number of fused-ring (bicyclic) bond motifs is 6. The molecule has 0 unspecified atom stereocenters. The molecule has 3 heterocycles. The van der Waals surface area contributed by atoms with Gasteiger partial charge in [0.05, 0.1) is 70.4 Å². The van der Waals surface area contributed by atoms with E-state index >= 15 is 13.2 Å². The maximum absolute atomic E-state index is 15.9. The molecule has 15 rings (SSSR count). The lowest BCUT2D eigenvalue weighted by molar-refractivity contribution is -0.137. The SMILES string of the molecule is [C-]#[N+]c1cccc(-c2ccc3c(c2)c2cc(-c4cccc([N+]#[C-])c4)ccc2n3-c2ccc(-c3nc(-c4ccccc4)nc(-c4ccccc4)n3)cc2-c2cc(C(F)(F)F)ccc2-n2c3ccc(-c4cccc(C#N)c4)cc3c3cc(-c4cccc([N+]#[C-])c4)ccc32)c1. The van der Waals surface area contributed by atoms with E-state index in [1.54, 1.807) is 30.3 Å². The number of nitriles is 1. The van der Waals surface area contributed by atoms with Gasteiger partial charge >= 0.3 is 6.18 Å². The van der Waals surface area contributed by atoms with Gasteiger partial charge in [-0.05, 0) is 160 Å². The standard InChI is InChI=1S/C80H44F3N9/c1-85-62-23-11-20-53(39-62)57-27-33-71-67(44-57)68-45-58(54-21-12-24-63(40-54)86-2)28-34-72(68)91(71)75-36-30-60(79-89-77(50-15-6-4-7-16-50)88-78(90-79)51-17-8-5-9-18-51)46-69(75)70-47-61(80(81,82)83)31-37-76(70)92-73-32-26-56(52-19-10-14-49(38-52)48-84)42-65(73)66-43-59(29-35-74(66)92)55-22-13-25-64(41-55)87-3/h4-47H. The zero-order valence-electron chi connectivity index (χ0n) is 48.6. The third-order valence-corrected chi connectivity index (χ3v) is 16.8. The molecule has 3 aromatic heterocycles. The maximum Gasteiger partial charge on any atom is 0.416 e. The van der Waals surface area contributed by atoms with Crippen LogP contribution in [0.2, 0.25) is 0 Å². The monoisotopic (exact) mass is 1190 g/mol. The average molecular weight is 1190 g/mol. The third kappa shape index (κ3) is 9.99. The van der Waals surface area contributed by atoms with Gasteiger partial charge in [0, 0.05) is 49.4 Å². The van der Waals surface area contributed by atoms with Gasteiger partial charge in [0.2, 0.25) is 0 Å². The number of nitrogens with zero attached hydrogens (tertiary/aromatic N) is 9. The number of halogens is 3. The summed E-state index contributed by atoms with van der Waals surface area (Å²) in [5.41, 5.74) is 14.3. The van der Waals surface area contributed by atoms with Crippen molar-refractivity contribution in [2.24, 2.45) is 0 Å². The zero-order chi connectivity index (χ0) is 62.6. The number of hydrogen-bond acceptors (Lipinski definition) is 4. The molecule has 92 heavy (non-hydrogen) atoms. The Bertz CT molecular complexity index is 5410. The molecule has 0 atom stereocenters. The van der Waals surface area contributed by atoms with E-state index in [1.807, 2.05) is 205 Å². The molecule has 0 radical (unpaired) electrons. The third-order valence-electron chi connectivity index (χ3n) is 16.8. The van der Waals surface area contributed by atoms with E-state index in [0.717, 1.165) is 94.3 Å². The van der Waals surface area contributed by atoms with E-state index in [4.69, 9.17) is 34.7 Å². The van der Waals surface area contributed by atoms with Gasteiger partial charge in [-0.15, -0.1) is 0 Å². The summed E-state index contributed by atoms with van der Waals surface area (Å²) >= 11 is 0. The highest BCUT2D eigenvalue weighted by Crippen LogP contribution is 2.47. The van der Waals surface area contributed by atoms with E-state index in [1.165, 1.54) is 6.07 Å². The second-order valence-corrected chi connectivity index (χ2v) is 22.3. The second-order valence-electron chi connectivity index (χ2n) is 22.3. The van der Waals surface area contributed by atoms with Crippen LogP contribution in [-0.4, -0.2) is 24.1 Å². The molecular weight excluding hydrogens is 1140 g/mol. The molecular formula is C80H44F3N9. The summed E-state index contributed by atoms with van der Waals surface area (Å²) in [6, 6.07) is 84.9. The van der Waals surface area contributed by atoms with Gasteiger partial charge < -0.3 is 9.13 Å². The minimum absolute atomic E-state index is 0.242. The molecule has 0 saturated carbocycles. The van der Waals surface area contributed by atoms with Crippen LogP contribution in [-0.2, 0) is 6.18 Å². The topological polar surface area (TPSA) is 85.4 Å². The molecule has 0 aliphatic rings. The molecule has 0 spiro atoms. The summed E-state index contributed by atoms with van der Waals surface area (Å²) in [6.07, 6.45) is -4.79. The molecule has 9 nitrogen and oxygen atoms in total. The van der Waals surface area contributed by atoms with Gasteiger partial charge in [-0.3, -0.25) is 0 Å². The summed E-state index contributed by atoms with van der Waals surface area (Å²) in [4.78, 5) is 26.4. The van der Waals surface area contributed by atoms with Gasteiger partial charge in [-0.2, -0.15) is 18.4 Å². The van der Waals surface area contributed by atoms with Crippen LogP contribution in [0.1, 0.15) is 11.1 Å². The number of alkyl halides is 3. The zero-order valence-corrected chi connectivity index (χ0v) is 48.6. The Labute approximate surface area is 526 Å². The highest BCUT2D eigenvalue weighted by molar-refractivity contribution is 6.14. The number of rotatable bonds is 10. The molecule has 0 amide bonds. The molecule has 0 aliphatic carbocycles. The van der Waals surface area contributed by atoms with E-state index in [9.17, 15) is 5.26 Å². The Kier molecular flexibility index (Phi) is 13.7. The lowest BCUT2D eigenvalue weighted by Crippen LogP contribution is -2.08. The summed E-state index contributed by atoms with van der Waals surface area (Å²) in [5, 5.41) is 13.2. The molecule has 15 aromatic rings. The fraction of sp³-hybridized carbons (Fsp3) is 0.0125.